The van der Waals surface area contributed by atoms with Gasteiger partial charge in [0.1, 0.15) is 0 Å². The molecule has 1 aromatic carbocycles. The second-order valence-electron chi connectivity index (χ2n) is 6.86. The molecule has 1 aromatic heterocycles. The van der Waals surface area contributed by atoms with Crippen molar-refractivity contribution in [3.63, 3.8) is 0 Å². The van der Waals surface area contributed by atoms with Gasteiger partial charge in [-0.15, -0.1) is 11.3 Å². The Kier molecular flexibility index (Phi) is 5.24. The van der Waals surface area contributed by atoms with Gasteiger partial charge in [0.05, 0.1) is 10.6 Å². The predicted octanol–water partition coefficient (Wildman–Crippen LogP) is 3.32. The zero-order valence-corrected chi connectivity index (χ0v) is 17.0. The Bertz CT molecular complexity index is 927. The number of aromatic nitrogens is 1. The number of carbonyl (C=O) groups excluding carboxylic acids is 1. The SMILES string of the molecule is O=C(Nc1nc2c(s1)CCC2)C1CCN(S(=O)(=O)c2ccc(Cl)cc2)CC1. The summed E-state index contributed by atoms with van der Waals surface area (Å²) in [5.74, 6) is -0.258. The summed E-state index contributed by atoms with van der Waals surface area (Å²) in [5, 5.41) is 4.08. The molecular weight excluding hydrogens is 406 g/mol. The zero-order chi connectivity index (χ0) is 19.0. The number of hydrogen-bond donors (Lipinski definition) is 1. The Morgan fingerprint density at radius 1 is 1.19 bits per heavy atom. The molecule has 0 unspecified atom stereocenters. The van der Waals surface area contributed by atoms with E-state index in [9.17, 15) is 13.2 Å². The number of benzene rings is 1. The van der Waals surface area contributed by atoms with Crippen molar-refractivity contribution in [3.8, 4) is 0 Å². The first kappa shape index (κ1) is 18.9. The van der Waals surface area contributed by atoms with Gasteiger partial charge in [-0.2, -0.15) is 4.31 Å². The average molecular weight is 426 g/mol. The highest BCUT2D eigenvalue weighted by Crippen LogP contribution is 2.31. The number of nitrogens with one attached hydrogen (secondary N) is 1. The third-order valence-electron chi connectivity index (χ3n) is 5.10. The molecule has 0 bridgehead atoms. The summed E-state index contributed by atoms with van der Waals surface area (Å²) >= 11 is 7.39. The topological polar surface area (TPSA) is 79.4 Å². The number of nitrogens with zero attached hydrogens (tertiary/aromatic N) is 2. The van der Waals surface area contributed by atoms with Gasteiger partial charge in [-0.3, -0.25) is 4.79 Å². The van der Waals surface area contributed by atoms with Crippen LogP contribution in [0.25, 0.3) is 0 Å². The fraction of sp³-hybridized carbons (Fsp3) is 0.444. The van der Waals surface area contributed by atoms with Crippen LogP contribution in [0.3, 0.4) is 0 Å². The number of hydrogen-bond acceptors (Lipinski definition) is 5. The molecular formula is C18H20ClN3O3S2. The molecule has 9 heteroatoms. The summed E-state index contributed by atoms with van der Waals surface area (Å²) < 4.78 is 26.9. The maximum absolute atomic E-state index is 12.7. The highest BCUT2D eigenvalue weighted by Gasteiger charge is 2.32. The highest BCUT2D eigenvalue weighted by atomic mass is 35.5. The first-order valence-electron chi connectivity index (χ1n) is 8.98. The third kappa shape index (κ3) is 3.89. The molecule has 1 aliphatic heterocycles. The maximum atomic E-state index is 12.7. The Morgan fingerprint density at radius 2 is 1.89 bits per heavy atom. The molecule has 6 nitrogen and oxygen atoms in total. The molecule has 2 aromatic rings. The van der Waals surface area contributed by atoms with Gasteiger partial charge in [0, 0.05) is 28.9 Å². The molecule has 1 amide bonds. The molecule has 1 aliphatic carbocycles. The monoisotopic (exact) mass is 425 g/mol. The van der Waals surface area contributed by atoms with Crippen molar-refractivity contribution < 1.29 is 13.2 Å². The van der Waals surface area contributed by atoms with Crippen molar-refractivity contribution in [1.29, 1.82) is 0 Å². The number of thiazole rings is 1. The number of rotatable bonds is 4. The first-order chi connectivity index (χ1) is 12.9. The molecule has 1 N–H and O–H groups in total. The van der Waals surface area contributed by atoms with Crippen molar-refractivity contribution in [3.05, 3.63) is 39.9 Å². The number of fused-ring (bicyclic) bond motifs is 1. The predicted molar refractivity (Wildman–Crippen MR) is 106 cm³/mol. The minimum absolute atomic E-state index is 0.0639. The Labute approximate surface area is 167 Å². The lowest BCUT2D eigenvalue weighted by atomic mass is 9.97. The van der Waals surface area contributed by atoms with E-state index in [1.54, 1.807) is 23.5 Å². The highest BCUT2D eigenvalue weighted by molar-refractivity contribution is 7.89. The number of amides is 1. The zero-order valence-electron chi connectivity index (χ0n) is 14.7. The average Bonchev–Trinajstić information content (AvgIpc) is 3.24. The number of sulfonamides is 1. The Hall–Kier alpha value is -1.48. The minimum Gasteiger partial charge on any atom is -0.302 e. The molecule has 4 rings (SSSR count). The van der Waals surface area contributed by atoms with E-state index in [4.69, 9.17) is 11.6 Å². The van der Waals surface area contributed by atoms with Crippen LogP contribution in [-0.2, 0) is 27.7 Å². The molecule has 27 heavy (non-hydrogen) atoms. The fourth-order valence-electron chi connectivity index (χ4n) is 3.57. The molecule has 0 saturated carbocycles. The summed E-state index contributed by atoms with van der Waals surface area (Å²) in [4.78, 5) is 18.5. The van der Waals surface area contributed by atoms with E-state index in [0.717, 1.165) is 25.0 Å². The molecule has 144 valence electrons. The Morgan fingerprint density at radius 3 is 2.56 bits per heavy atom. The van der Waals surface area contributed by atoms with Crippen LogP contribution in [0.4, 0.5) is 5.13 Å². The molecule has 1 saturated heterocycles. The van der Waals surface area contributed by atoms with E-state index in [1.165, 1.54) is 21.3 Å². The van der Waals surface area contributed by atoms with Crippen LogP contribution >= 0.6 is 22.9 Å². The summed E-state index contributed by atoms with van der Waals surface area (Å²) in [6.07, 6.45) is 4.18. The second kappa shape index (κ2) is 7.50. The van der Waals surface area contributed by atoms with Crippen LogP contribution in [0.5, 0.6) is 0 Å². The van der Waals surface area contributed by atoms with E-state index in [-0.39, 0.29) is 16.7 Å². The van der Waals surface area contributed by atoms with Gasteiger partial charge in [0.15, 0.2) is 5.13 Å². The van der Waals surface area contributed by atoms with Gasteiger partial charge in [0.25, 0.3) is 0 Å². The van der Waals surface area contributed by atoms with Crippen molar-refractivity contribution in [1.82, 2.24) is 9.29 Å². The van der Waals surface area contributed by atoms with Crippen LogP contribution in [0.2, 0.25) is 5.02 Å². The van der Waals surface area contributed by atoms with Crippen LogP contribution in [-0.4, -0.2) is 36.7 Å². The van der Waals surface area contributed by atoms with E-state index in [0.29, 0.717) is 36.1 Å². The fourth-order valence-corrected chi connectivity index (χ4v) is 6.21. The smallest absolute Gasteiger partial charge is 0.243 e. The van der Waals surface area contributed by atoms with Crippen molar-refractivity contribution in [2.24, 2.45) is 5.92 Å². The van der Waals surface area contributed by atoms with E-state index in [1.807, 2.05) is 0 Å². The summed E-state index contributed by atoms with van der Waals surface area (Å²) in [6, 6.07) is 6.16. The van der Waals surface area contributed by atoms with Gasteiger partial charge in [-0.25, -0.2) is 13.4 Å². The van der Waals surface area contributed by atoms with Crippen LogP contribution in [0, 0.1) is 5.92 Å². The van der Waals surface area contributed by atoms with Crippen molar-refractivity contribution in [2.75, 3.05) is 18.4 Å². The van der Waals surface area contributed by atoms with Crippen LogP contribution in [0.1, 0.15) is 29.8 Å². The van der Waals surface area contributed by atoms with Gasteiger partial charge in [0.2, 0.25) is 15.9 Å². The summed E-state index contributed by atoms with van der Waals surface area (Å²) in [5.41, 5.74) is 1.11. The van der Waals surface area contributed by atoms with Crippen molar-refractivity contribution in [2.45, 2.75) is 37.0 Å². The number of piperidine rings is 1. The number of halogens is 1. The second-order valence-corrected chi connectivity index (χ2v) is 10.3. The summed E-state index contributed by atoms with van der Waals surface area (Å²) in [6.45, 7) is 0.662. The lowest BCUT2D eigenvalue weighted by Gasteiger charge is -2.30. The lowest BCUT2D eigenvalue weighted by molar-refractivity contribution is -0.120. The van der Waals surface area contributed by atoms with Gasteiger partial charge < -0.3 is 5.32 Å². The molecule has 2 aliphatic rings. The number of anilines is 1. The standard InChI is InChI=1S/C18H20ClN3O3S2/c19-13-4-6-14(7-5-13)27(24,25)22-10-8-12(9-11-22)17(23)21-18-20-15-2-1-3-16(15)26-18/h4-7,12H,1-3,8-11H2,(H,20,21,23). The van der Waals surface area contributed by atoms with E-state index >= 15 is 0 Å². The Balaban J connectivity index is 1.36. The molecule has 1 fully saturated rings. The normalized spacial score (nSPS) is 18.4. The molecule has 0 spiro atoms. The van der Waals surface area contributed by atoms with E-state index < -0.39 is 10.0 Å². The van der Waals surface area contributed by atoms with E-state index in [2.05, 4.69) is 10.3 Å². The quantitative estimate of drug-likeness (QED) is 0.814. The molecule has 0 atom stereocenters. The van der Waals surface area contributed by atoms with Gasteiger partial charge in [-0.05, 0) is 56.4 Å². The third-order valence-corrected chi connectivity index (χ3v) is 8.34. The lowest BCUT2D eigenvalue weighted by Crippen LogP contribution is -2.41. The first-order valence-corrected chi connectivity index (χ1v) is 11.6. The maximum Gasteiger partial charge on any atom is 0.243 e. The number of carbonyl (C=O) groups is 1. The molecule has 0 radical (unpaired) electrons. The molecule has 2 heterocycles. The van der Waals surface area contributed by atoms with Crippen LogP contribution in [0.15, 0.2) is 29.2 Å². The van der Waals surface area contributed by atoms with Crippen LogP contribution < -0.4 is 5.32 Å². The van der Waals surface area contributed by atoms with Gasteiger partial charge in [-0.1, -0.05) is 11.6 Å². The van der Waals surface area contributed by atoms with Gasteiger partial charge >= 0.3 is 0 Å². The number of aryl methyl sites for hydroxylation is 2. The minimum atomic E-state index is -3.55. The van der Waals surface area contributed by atoms with Crippen molar-refractivity contribution >= 4 is 44.0 Å². The largest absolute Gasteiger partial charge is 0.302 e. The summed E-state index contributed by atoms with van der Waals surface area (Å²) in [7, 11) is -3.55.